The number of aliphatic hydroxyl groups is 2. The number of nitrogens with one attached hydrogen (secondary N) is 1. The number of H-pyrrole nitrogens is 1. The van der Waals surface area contributed by atoms with Crippen LogP contribution in [0.2, 0.25) is 0 Å². The summed E-state index contributed by atoms with van der Waals surface area (Å²) < 4.78 is 29.9. The number of hydrogen-bond donors (Lipinski definition) is 6. The van der Waals surface area contributed by atoms with Crippen molar-refractivity contribution in [1.29, 1.82) is 0 Å². The maximum Gasteiger partial charge on any atom is 0.476 e. The van der Waals surface area contributed by atoms with Crippen molar-refractivity contribution in [2.45, 2.75) is 24.5 Å². The molecule has 1 aromatic heterocycles. The standard InChI is InChI=1S/C10H16N2O12P2/c1-21-4-2-12(10(16)11-8(4)15)9-7(14)6(13)5(23-9)3-22-25(17)24-26(18,19)20/h2,5-7,9,13-14,17H,3H2,1H3,(H,11,15,16)(H2,18,19,20)/t5-,6-,7-,9-,25+/m1/s1. The Morgan fingerprint density at radius 3 is 2.58 bits per heavy atom. The Balaban J connectivity index is 2.11. The molecule has 1 aliphatic rings. The van der Waals surface area contributed by atoms with Gasteiger partial charge in [-0.15, -0.1) is 0 Å². The SMILES string of the molecule is COc1cn([C@@H]2O[C@H](CO[P@](O)OP(=O)(O)O)[C@@H](O)[C@H]2O)c(=O)[nH]c1=O. The Hall–Kier alpha value is -1.18. The number of aromatic amines is 1. The van der Waals surface area contributed by atoms with Gasteiger partial charge in [0.15, 0.2) is 6.23 Å². The van der Waals surface area contributed by atoms with Gasteiger partial charge in [0.1, 0.15) is 18.3 Å². The third-order valence-electron chi connectivity index (χ3n) is 3.29. The average molecular weight is 418 g/mol. The summed E-state index contributed by atoms with van der Waals surface area (Å²) in [4.78, 5) is 51.6. The molecule has 2 rings (SSSR count). The first kappa shape index (κ1) is 21.1. The van der Waals surface area contributed by atoms with Crippen molar-refractivity contribution in [2.75, 3.05) is 13.7 Å². The summed E-state index contributed by atoms with van der Waals surface area (Å²) >= 11 is 0. The zero-order valence-electron chi connectivity index (χ0n) is 13.0. The molecule has 1 aliphatic heterocycles. The molecule has 2 heterocycles. The van der Waals surface area contributed by atoms with Gasteiger partial charge in [0.2, 0.25) is 5.75 Å². The molecule has 1 saturated heterocycles. The quantitative estimate of drug-likeness (QED) is 0.254. The molecule has 0 spiro atoms. The summed E-state index contributed by atoms with van der Waals surface area (Å²) in [5, 5.41) is 20.0. The zero-order chi connectivity index (χ0) is 19.6. The molecule has 1 fully saturated rings. The Bertz CT molecular complexity index is 789. The molecule has 14 nitrogen and oxygen atoms in total. The molecular weight excluding hydrogens is 402 g/mol. The number of nitrogens with zero attached hydrogens (tertiary/aromatic N) is 1. The molecule has 0 aromatic carbocycles. The fraction of sp³-hybridized carbons (Fsp3) is 0.600. The summed E-state index contributed by atoms with van der Waals surface area (Å²) in [5.41, 5.74) is -1.75. The van der Waals surface area contributed by atoms with Crippen molar-refractivity contribution in [2.24, 2.45) is 0 Å². The lowest BCUT2D eigenvalue weighted by Crippen LogP contribution is -2.38. The largest absolute Gasteiger partial charge is 0.490 e. The minimum Gasteiger partial charge on any atom is -0.490 e. The predicted octanol–water partition coefficient (Wildman–Crippen LogP) is -2.49. The smallest absolute Gasteiger partial charge is 0.476 e. The molecule has 0 bridgehead atoms. The van der Waals surface area contributed by atoms with Crippen LogP contribution in [0.25, 0.3) is 0 Å². The molecule has 5 atom stereocenters. The molecular formula is C10H16N2O12P2. The van der Waals surface area contributed by atoms with Gasteiger partial charge in [-0.25, -0.2) is 13.7 Å². The summed E-state index contributed by atoms with van der Waals surface area (Å²) in [6.07, 6.45) is -4.93. The first-order chi connectivity index (χ1) is 12.0. The summed E-state index contributed by atoms with van der Waals surface area (Å²) in [5.74, 6) is -0.247. The summed E-state index contributed by atoms with van der Waals surface area (Å²) in [6.45, 7) is -0.619. The Kier molecular flexibility index (Phi) is 6.69. The molecule has 148 valence electrons. The molecule has 16 heteroatoms. The third kappa shape index (κ3) is 4.96. The highest BCUT2D eigenvalue weighted by atomic mass is 31.3. The summed E-state index contributed by atoms with van der Waals surface area (Å²) in [7, 11) is -6.78. The first-order valence-electron chi connectivity index (χ1n) is 6.81. The van der Waals surface area contributed by atoms with E-state index in [0.717, 1.165) is 10.8 Å². The van der Waals surface area contributed by atoms with Gasteiger partial charge in [-0.05, 0) is 0 Å². The van der Waals surface area contributed by atoms with Crippen LogP contribution in [-0.4, -0.2) is 66.5 Å². The van der Waals surface area contributed by atoms with Gasteiger partial charge >= 0.3 is 22.1 Å². The van der Waals surface area contributed by atoms with Crippen LogP contribution in [0.1, 0.15) is 6.23 Å². The van der Waals surface area contributed by atoms with E-state index in [9.17, 15) is 29.3 Å². The molecule has 0 amide bonds. The third-order valence-corrected chi connectivity index (χ3v) is 5.07. The van der Waals surface area contributed by atoms with Crippen molar-refractivity contribution >= 4 is 16.4 Å². The fourth-order valence-corrected chi connectivity index (χ4v) is 3.34. The van der Waals surface area contributed by atoms with Crippen molar-refractivity contribution < 1.29 is 47.8 Å². The van der Waals surface area contributed by atoms with Crippen LogP contribution in [0.5, 0.6) is 5.75 Å². The minimum atomic E-state index is -4.98. The Morgan fingerprint density at radius 1 is 1.35 bits per heavy atom. The highest BCUT2D eigenvalue weighted by Gasteiger charge is 2.45. The van der Waals surface area contributed by atoms with E-state index in [-0.39, 0.29) is 5.75 Å². The number of methoxy groups -OCH3 is 1. The van der Waals surface area contributed by atoms with Gasteiger partial charge in [-0.1, -0.05) is 0 Å². The van der Waals surface area contributed by atoms with Crippen LogP contribution in [0.3, 0.4) is 0 Å². The van der Waals surface area contributed by atoms with Crippen LogP contribution >= 0.6 is 16.4 Å². The van der Waals surface area contributed by atoms with Crippen LogP contribution in [0.15, 0.2) is 15.8 Å². The molecule has 0 aliphatic carbocycles. The van der Waals surface area contributed by atoms with Crippen LogP contribution in [-0.2, 0) is 18.1 Å². The van der Waals surface area contributed by atoms with Gasteiger partial charge in [-0.3, -0.25) is 14.3 Å². The molecule has 0 unspecified atom stereocenters. The Labute approximate surface area is 145 Å². The van der Waals surface area contributed by atoms with E-state index in [4.69, 9.17) is 19.3 Å². The molecule has 6 N–H and O–H groups in total. The molecule has 0 saturated carbocycles. The van der Waals surface area contributed by atoms with Gasteiger partial charge in [-0.2, -0.15) is 0 Å². The van der Waals surface area contributed by atoms with Crippen molar-refractivity contribution in [3.05, 3.63) is 27.0 Å². The second kappa shape index (κ2) is 8.23. The van der Waals surface area contributed by atoms with Crippen LogP contribution < -0.4 is 16.0 Å². The molecule has 1 aromatic rings. The second-order valence-electron chi connectivity index (χ2n) is 5.02. The fourth-order valence-electron chi connectivity index (χ4n) is 2.15. The molecule has 0 radical (unpaired) electrons. The number of hydrogen-bond acceptors (Lipinski definition) is 10. The van der Waals surface area contributed by atoms with E-state index < -0.39 is 58.8 Å². The van der Waals surface area contributed by atoms with Crippen LogP contribution in [0.4, 0.5) is 0 Å². The number of ether oxygens (including phenoxy) is 2. The van der Waals surface area contributed by atoms with Crippen molar-refractivity contribution in [1.82, 2.24) is 9.55 Å². The lowest BCUT2D eigenvalue weighted by atomic mass is 10.1. The zero-order valence-corrected chi connectivity index (χ0v) is 14.8. The first-order valence-corrected chi connectivity index (χ1v) is 9.47. The maximum absolute atomic E-state index is 11.9. The van der Waals surface area contributed by atoms with Gasteiger partial charge in [0.05, 0.1) is 19.9 Å². The van der Waals surface area contributed by atoms with E-state index in [0.29, 0.717) is 0 Å². The maximum atomic E-state index is 11.9. The van der Waals surface area contributed by atoms with E-state index in [2.05, 4.69) is 8.83 Å². The van der Waals surface area contributed by atoms with E-state index in [1.807, 2.05) is 4.98 Å². The lowest BCUT2D eigenvalue weighted by molar-refractivity contribution is -0.0528. The van der Waals surface area contributed by atoms with Gasteiger partial charge in [0.25, 0.3) is 5.56 Å². The van der Waals surface area contributed by atoms with Crippen LogP contribution in [0, 0.1) is 0 Å². The summed E-state index contributed by atoms with van der Waals surface area (Å²) in [6, 6.07) is 0. The highest BCUT2D eigenvalue weighted by Crippen LogP contribution is 2.52. The van der Waals surface area contributed by atoms with E-state index in [1.54, 1.807) is 0 Å². The average Bonchev–Trinajstić information content (AvgIpc) is 2.80. The number of aromatic nitrogens is 2. The van der Waals surface area contributed by atoms with Gasteiger partial charge < -0.3 is 38.9 Å². The second-order valence-corrected chi connectivity index (χ2v) is 7.38. The van der Waals surface area contributed by atoms with E-state index in [1.165, 1.54) is 7.11 Å². The Morgan fingerprint density at radius 2 is 2.00 bits per heavy atom. The lowest BCUT2D eigenvalue weighted by Gasteiger charge is -2.18. The highest BCUT2D eigenvalue weighted by molar-refractivity contribution is 7.57. The predicted molar refractivity (Wildman–Crippen MR) is 82.0 cm³/mol. The minimum absolute atomic E-state index is 0.247. The number of phosphoric acid groups is 1. The van der Waals surface area contributed by atoms with Gasteiger partial charge in [0, 0.05) is 0 Å². The monoisotopic (exact) mass is 418 g/mol. The molecule has 26 heavy (non-hydrogen) atoms. The van der Waals surface area contributed by atoms with Crippen molar-refractivity contribution in [3.8, 4) is 5.75 Å². The number of rotatable bonds is 7. The van der Waals surface area contributed by atoms with E-state index >= 15 is 0 Å². The topological polar surface area (TPSA) is 210 Å². The number of aliphatic hydroxyl groups excluding tert-OH is 2. The normalized spacial score (nSPS) is 27.5. The van der Waals surface area contributed by atoms with Crippen molar-refractivity contribution in [3.63, 3.8) is 0 Å².